The van der Waals surface area contributed by atoms with Gasteiger partial charge in [0.2, 0.25) is 6.79 Å². The van der Waals surface area contributed by atoms with Crippen molar-refractivity contribution in [1.29, 1.82) is 0 Å². The molecule has 0 spiro atoms. The van der Waals surface area contributed by atoms with E-state index in [0.717, 1.165) is 24.1 Å². The van der Waals surface area contributed by atoms with E-state index in [2.05, 4.69) is 11.8 Å². The summed E-state index contributed by atoms with van der Waals surface area (Å²) in [7, 11) is 0. The molecule has 0 saturated heterocycles. The number of benzene rings is 2. The monoisotopic (exact) mass is 616 g/mol. The summed E-state index contributed by atoms with van der Waals surface area (Å²) in [5, 5.41) is 10.0. The molecule has 0 radical (unpaired) electrons. The second-order valence-electron chi connectivity index (χ2n) is 11.4. The molecular weight excluding hydrogens is 578 g/mol. The number of hydrogen-bond donors (Lipinski definition) is 1. The second kappa shape index (κ2) is 12.5. The third-order valence-electron chi connectivity index (χ3n) is 8.07. The quantitative estimate of drug-likeness (QED) is 0.198. The van der Waals surface area contributed by atoms with Crippen molar-refractivity contribution in [1.82, 2.24) is 4.90 Å². The molecule has 12 heteroatoms. The van der Waals surface area contributed by atoms with Crippen LogP contribution in [0.25, 0.3) is 0 Å². The maximum Gasteiger partial charge on any atom is 0.430 e. The molecule has 0 amide bonds. The number of alkyl halides is 6. The van der Waals surface area contributed by atoms with Crippen LogP contribution in [0.4, 0.5) is 26.3 Å². The van der Waals surface area contributed by atoms with Crippen molar-refractivity contribution in [2.75, 3.05) is 19.9 Å². The van der Waals surface area contributed by atoms with Crippen molar-refractivity contribution in [3.63, 3.8) is 0 Å². The zero-order valence-electron chi connectivity index (χ0n) is 24.7. The number of hydrogen-bond acceptors (Lipinski definition) is 6. The number of rotatable bonds is 12. The lowest BCUT2D eigenvalue weighted by Gasteiger charge is -2.33. The van der Waals surface area contributed by atoms with Crippen molar-refractivity contribution in [2.24, 2.45) is 4.99 Å². The third kappa shape index (κ3) is 6.53. The summed E-state index contributed by atoms with van der Waals surface area (Å²) in [6, 6.07) is 7.48. The smallest absolute Gasteiger partial charge is 0.430 e. The van der Waals surface area contributed by atoms with Crippen LogP contribution in [0, 0.1) is 0 Å². The Morgan fingerprint density at radius 1 is 0.977 bits per heavy atom. The highest BCUT2D eigenvalue weighted by atomic mass is 19.4. The van der Waals surface area contributed by atoms with Crippen molar-refractivity contribution in [3.05, 3.63) is 52.6 Å². The van der Waals surface area contributed by atoms with Gasteiger partial charge < -0.3 is 24.2 Å². The predicted molar refractivity (Wildman–Crippen MR) is 150 cm³/mol. The van der Waals surface area contributed by atoms with Gasteiger partial charge in [0.15, 0.2) is 11.5 Å². The zero-order valence-corrected chi connectivity index (χ0v) is 24.7. The fourth-order valence-electron chi connectivity index (χ4n) is 5.57. The fraction of sp³-hybridized carbons (Fsp3) is 0.581. The summed E-state index contributed by atoms with van der Waals surface area (Å²) in [4.78, 5) is 6.90. The fourth-order valence-corrected chi connectivity index (χ4v) is 5.57. The predicted octanol–water partition coefficient (Wildman–Crippen LogP) is 7.44. The van der Waals surface area contributed by atoms with Gasteiger partial charge in [-0.3, -0.25) is 4.99 Å². The van der Waals surface area contributed by atoms with E-state index in [4.69, 9.17) is 19.2 Å². The van der Waals surface area contributed by atoms with E-state index < -0.39 is 29.1 Å². The second-order valence-corrected chi connectivity index (χ2v) is 11.4. The zero-order chi connectivity index (χ0) is 31.6. The maximum atomic E-state index is 13.6. The molecule has 0 fully saturated rings. The summed E-state index contributed by atoms with van der Waals surface area (Å²) in [5.41, 5.74) is -5.25. The van der Waals surface area contributed by atoms with Gasteiger partial charge in [0.1, 0.15) is 11.3 Å². The normalized spacial score (nSPS) is 19.3. The molecule has 0 aromatic heterocycles. The minimum absolute atomic E-state index is 0.101. The largest absolute Gasteiger partial charge is 0.493 e. The number of nitrogens with zero attached hydrogens (tertiary/aromatic N) is 2. The highest BCUT2D eigenvalue weighted by Gasteiger charge is 2.71. The Morgan fingerprint density at radius 3 is 2.16 bits per heavy atom. The van der Waals surface area contributed by atoms with Crippen molar-refractivity contribution in [2.45, 2.75) is 95.8 Å². The molecule has 2 atom stereocenters. The van der Waals surface area contributed by atoms with Gasteiger partial charge in [0.05, 0.1) is 12.9 Å². The topological polar surface area (TPSA) is 63.5 Å². The van der Waals surface area contributed by atoms with E-state index in [1.807, 2.05) is 31.5 Å². The first-order chi connectivity index (χ1) is 20.1. The van der Waals surface area contributed by atoms with Crippen LogP contribution in [-0.4, -0.2) is 54.7 Å². The van der Waals surface area contributed by atoms with E-state index in [-0.39, 0.29) is 43.4 Å². The highest BCUT2D eigenvalue weighted by molar-refractivity contribution is 5.61. The minimum Gasteiger partial charge on any atom is -0.493 e. The van der Waals surface area contributed by atoms with Gasteiger partial charge in [-0.2, -0.15) is 26.3 Å². The van der Waals surface area contributed by atoms with E-state index >= 15 is 0 Å². The van der Waals surface area contributed by atoms with Gasteiger partial charge in [-0.05, 0) is 80.5 Å². The Balaban J connectivity index is 1.44. The molecule has 1 N–H and O–H groups in total. The number of ether oxygens (including phenoxy) is 3. The molecule has 238 valence electrons. The van der Waals surface area contributed by atoms with Crippen molar-refractivity contribution < 1.29 is 45.7 Å². The first-order valence-corrected chi connectivity index (χ1v) is 14.5. The molecule has 2 aromatic rings. The van der Waals surface area contributed by atoms with Crippen LogP contribution in [0.1, 0.15) is 75.6 Å². The van der Waals surface area contributed by atoms with Crippen LogP contribution in [0.2, 0.25) is 0 Å². The van der Waals surface area contributed by atoms with Crippen LogP contribution in [0.5, 0.6) is 17.2 Å². The summed E-state index contributed by atoms with van der Waals surface area (Å²) in [6.07, 6.45) is -7.42. The van der Waals surface area contributed by atoms with Crippen molar-refractivity contribution in [3.8, 4) is 17.2 Å². The molecule has 6 nitrogen and oxygen atoms in total. The van der Waals surface area contributed by atoms with Crippen LogP contribution in [-0.2, 0) is 24.0 Å². The Labute approximate surface area is 247 Å². The number of aliphatic hydroxyl groups is 1. The molecule has 0 saturated carbocycles. The van der Waals surface area contributed by atoms with Crippen LogP contribution in [0.15, 0.2) is 35.3 Å². The van der Waals surface area contributed by atoms with Crippen LogP contribution in [0.3, 0.4) is 0 Å². The van der Waals surface area contributed by atoms with Crippen LogP contribution < -0.4 is 14.2 Å². The molecule has 4 rings (SSSR count). The summed E-state index contributed by atoms with van der Waals surface area (Å²) in [6.45, 7) is 8.72. The Bertz CT molecular complexity index is 1270. The number of fused-ring (bicyclic) bond motifs is 1. The first kappa shape index (κ1) is 32.8. The highest BCUT2D eigenvalue weighted by Crippen LogP contribution is 2.51. The lowest BCUT2D eigenvalue weighted by molar-refractivity contribution is -0.376. The van der Waals surface area contributed by atoms with Crippen LogP contribution >= 0.6 is 0 Å². The van der Waals surface area contributed by atoms with E-state index in [1.54, 1.807) is 13.8 Å². The molecular formula is C31H38F6N2O4. The Morgan fingerprint density at radius 2 is 1.58 bits per heavy atom. The SMILES string of the molecule is CCCc1cc(C(O)(C(F)(F)F)C(F)(F)F)cc(CCC)c1OCCCC(C)N1C=NC(C)(c2ccc3c(c2)OCO3)C1. The molecule has 2 aliphatic heterocycles. The average molecular weight is 617 g/mol. The standard InChI is InChI=1S/C31H38F6N2O4/c1-5-8-21-14-24(29(40,30(32,33)34)31(35,36)37)15-22(9-6-2)27(21)41-13-7-10-20(3)39-17-28(4,38-18-39)23-11-12-25-26(16-23)43-19-42-25/h11-12,14-16,18,20,40H,5-10,13,17,19H2,1-4H3. The van der Waals surface area contributed by atoms with Crippen molar-refractivity contribution >= 4 is 6.34 Å². The van der Waals surface area contributed by atoms with E-state index in [0.29, 0.717) is 43.1 Å². The lowest BCUT2D eigenvalue weighted by atomic mass is 9.87. The molecule has 2 heterocycles. The van der Waals surface area contributed by atoms with Gasteiger partial charge in [0, 0.05) is 18.2 Å². The Kier molecular flexibility index (Phi) is 9.49. The number of aliphatic imine (C=N–C) groups is 1. The van der Waals surface area contributed by atoms with Gasteiger partial charge in [-0.1, -0.05) is 32.8 Å². The molecule has 0 bridgehead atoms. The van der Waals surface area contributed by atoms with Gasteiger partial charge >= 0.3 is 12.4 Å². The molecule has 2 unspecified atom stereocenters. The Hall–Kier alpha value is -3.15. The molecule has 43 heavy (non-hydrogen) atoms. The molecule has 2 aromatic carbocycles. The number of aryl methyl sites for hydroxylation is 2. The molecule has 2 aliphatic rings. The van der Waals surface area contributed by atoms with Gasteiger partial charge in [-0.25, -0.2) is 0 Å². The average Bonchev–Trinajstić information content (AvgIpc) is 3.57. The number of halogens is 6. The van der Waals surface area contributed by atoms with E-state index in [9.17, 15) is 31.4 Å². The lowest BCUT2D eigenvalue weighted by Crippen LogP contribution is -2.54. The minimum atomic E-state index is -5.95. The summed E-state index contributed by atoms with van der Waals surface area (Å²) >= 11 is 0. The molecule has 0 aliphatic carbocycles. The summed E-state index contributed by atoms with van der Waals surface area (Å²) < 4.78 is 98.8. The van der Waals surface area contributed by atoms with Gasteiger partial charge in [-0.15, -0.1) is 0 Å². The third-order valence-corrected chi connectivity index (χ3v) is 8.07. The van der Waals surface area contributed by atoms with Gasteiger partial charge in [0.25, 0.3) is 5.60 Å². The maximum absolute atomic E-state index is 13.6. The first-order valence-electron chi connectivity index (χ1n) is 14.5. The summed E-state index contributed by atoms with van der Waals surface area (Å²) in [5.74, 6) is 1.69. The van der Waals surface area contributed by atoms with E-state index in [1.165, 1.54) is 0 Å².